The van der Waals surface area contributed by atoms with Crippen LogP contribution in [0.15, 0.2) is 49.1 Å². The van der Waals surface area contributed by atoms with E-state index in [2.05, 4.69) is 32.1 Å². The molecule has 0 aliphatic carbocycles. The maximum absolute atomic E-state index is 5.67. The summed E-state index contributed by atoms with van der Waals surface area (Å²) < 4.78 is 12.9. The number of methoxy groups -OCH3 is 2. The van der Waals surface area contributed by atoms with Gasteiger partial charge in [0, 0.05) is 68.8 Å². The Balaban J connectivity index is 1.45. The number of pyridine rings is 1. The van der Waals surface area contributed by atoms with Gasteiger partial charge in [0.1, 0.15) is 17.1 Å². The van der Waals surface area contributed by atoms with Crippen LogP contribution in [0.4, 0.5) is 5.82 Å². The Hall–Kier alpha value is -3.52. The lowest BCUT2D eigenvalue weighted by Gasteiger charge is -2.39. The fraction of sp³-hybridized carbons (Fsp3) is 0.304. The zero-order chi connectivity index (χ0) is 21.4. The summed E-state index contributed by atoms with van der Waals surface area (Å²) in [6.07, 6.45) is 8.33. The van der Waals surface area contributed by atoms with E-state index in [-0.39, 0.29) is 6.10 Å². The molecular weight excluding hydrogens is 392 g/mol. The lowest BCUT2D eigenvalue weighted by Crippen LogP contribution is -2.52. The van der Waals surface area contributed by atoms with Crippen molar-refractivity contribution in [2.75, 3.05) is 32.2 Å². The SMILES string of the molecule is COc1cc(-c2cnn(C)c2)ccc1Cc1ncc2ccnc(N3CC(OC)C3)c2n1. The van der Waals surface area contributed by atoms with E-state index < -0.39 is 0 Å². The molecule has 4 heterocycles. The van der Waals surface area contributed by atoms with Crippen molar-refractivity contribution < 1.29 is 9.47 Å². The standard InChI is InChI=1S/C23H24N6O2/c1-28-12-18(11-26-28)15-4-5-16(20(8-15)31-3)9-21-25-10-17-6-7-24-23(22(17)27-21)29-13-19(14-29)30-2/h4-8,10-12,19H,9,13-14H2,1-3H3. The second kappa shape index (κ2) is 7.96. The van der Waals surface area contributed by atoms with E-state index in [9.17, 15) is 0 Å². The number of ether oxygens (including phenoxy) is 2. The molecule has 1 saturated heterocycles. The van der Waals surface area contributed by atoms with E-state index in [1.807, 2.05) is 37.8 Å². The molecule has 3 aromatic heterocycles. The molecule has 8 heteroatoms. The van der Waals surface area contributed by atoms with E-state index in [0.29, 0.717) is 6.42 Å². The summed E-state index contributed by atoms with van der Waals surface area (Å²) in [6.45, 7) is 1.65. The molecule has 1 aliphatic rings. The highest BCUT2D eigenvalue weighted by Gasteiger charge is 2.29. The molecule has 1 fully saturated rings. The van der Waals surface area contributed by atoms with Crippen LogP contribution in [-0.2, 0) is 18.2 Å². The number of aromatic nitrogens is 5. The lowest BCUT2D eigenvalue weighted by atomic mass is 10.0. The number of benzene rings is 1. The largest absolute Gasteiger partial charge is 0.496 e. The van der Waals surface area contributed by atoms with Gasteiger partial charge in [-0.2, -0.15) is 5.10 Å². The number of hydrogen-bond acceptors (Lipinski definition) is 7. The van der Waals surface area contributed by atoms with Gasteiger partial charge in [0.2, 0.25) is 0 Å². The van der Waals surface area contributed by atoms with Gasteiger partial charge in [0.15, 0.2) is 5.82 Å². The van der Waals surface area contributed by atoms with Crippen LogP contribution in [0.2, 0.25) is 0 Å². The third-order valence-electron chi connectivity index (χ3n) is 5.68. The third-order valence-corrected chi connectivity index (χ3v) is 5.68. The van der Waals surface area contributed by atoms with Crippen LogP contribution in [0.3, 0.4) is 0 Å². The first-order valence-electron chi connectivity index (χ1n) is 10.2. The van der Waals surface area contributed by atoms with Crippen LogP contribution in [-0.4, -0.2) is 58.1 Å². The van der Waals surface area contributed by atoms with Crippen LogP contribution in [0.25, 0.3) is 22.0 Å². The van der Waals surface area contributed by atoms with Gasteiger partial charge in [-0.05, 0) is 17.7 Å². The Kier molecular flexibility index (Phi) is 4.99. The van der Waals surface area contributed by atoms with Crippen molar-refractivity contribution in [3.05, 3.63) is 60.4 Å². The molecule has 0 saturated carbocycles. The highest BCUT2D eigenvalue weighted by atomic mass is 16.5. The third kappa shape index (κ3) is 3.70. The molecule has 0 N–H and O–H groups in total. The number of rotatable bonds is 6. The van der Waals surface area contributed by atoms with Gasteiger partial charge >= 0.3 is 0 Å². The van der Waals surface area contributed by atoms with Gasteiger partial charge in [-0.25, -0.2) is 15.0 Å². The predicted molar refractivity (Wildman–Crippen MR) is 118 cm³/mol. The van der Waals surface area contributed by atoms with E-state index in [1.54, 1.807) is 25.1 Å². The van der Waals surface area contributed by atoms with Gasteiger partial charge in [-0.3, -0.25) is 4.68 Å². The summed E-state index contributed by atoms with van der Waals surface area (Å²) >= 11 is 0. The summed E-state index contributed by atoms with van der Waals surface area (Å²) in [4.78, 5) is 16.2. The predicted octanol–water partition coefficient (Wildman–Crippen LogP) is 2.86. The molecule has 0 atom stereocenters. The van der Waals surface area contributed by atoms with Gasteiger partial charge in [0.25, 0.3) is 0 Å². The monoisotopic (exact) mass is 416 g/mol. The van der Waals surface area contributed by atoms with Crippen LogP contribution in [0.5, 0.6) is 5.75 Å². The molecule has 0 radical (unpaired) electrons. The van der Waals surface area contributed by atoms with Gasteiger partial charge in [0.05, 0.1) is 19.4 Å². The van der Waals surface area contributed by atoms with Crippen molar-refractivity contribution in [2.24, 2.45) is 7.05 Å². The Labute approximate surface area is 180 Å². The zero-order valence-corrected chi connectivity index (χ0v) is 17.8. The molecule has 5 rings (SSSR count). The van der Waals surface area contributed by atoms with Gasteiger partial charge in [-0.1, -0.05) is 12.1 Å². The van der Waals surface area contributed by atoms with E-state index in [4.69, 9.17) is 14.5 Å². The molecule has 158 valence electrons. The molecule has 0 spiro atoms. The first-order valence-corrected chi connectivity index (χ1v) is 10.2. The fourth-order valence-corrected chi connectivity index (χ4v) is 3.87. The minimum Gasteiger partial charge on any atom is -0.496 e. The average Bonchev–Trinajstić information content (AvgIpc) is 3.20. The van der Waals surface area contributed by atoms with Crippen molar-refractivity contribution in [1.82, 2.24) is 24.7 Å². The quantitative estimate of drug-likeness (QED) is 0.478. The smallest absolute Gasteiger partial charge is 0.155 e. The number of anilines is 1. The van der Waals surface area contributed by atoms with Crippen molar-refractivity contribution >= 4 is 16.7 Å². The summed E-state index contributed by atoms with van der Waals surface area (Å²) in [6, 6.07) is 8.12. The second-order valence-corrected chi connectivity index (χ2v) is 7.73. The van der Waals surface area contributed by atoms with Crippen molar-refractivity contribution in [2.45, 2.75) is 12.5 Å². The molecule has 4 aromatic rings. The fourth-order valence-electron chi connectivity index (χ4n) is 3.87. The summed E-state index contributed by atoms with van der Waals surface area (Å²) in [7, 11) is 5.34. The van der Waals surface area contributed by atoms with Crippen LogP contribution >= 0.6 is 0 Å². The lowest BCUT2D eigenvalue weighted by molar-refractivity contribution is 0.0784. The normalized spacial score (nSPS) is 14.1. The second-order valence-electron chi connectivity index (χ2n) is 7.73. The molecule has 31 heavy (non-hydrogen) atoms. The topological polar surface area (TPSA) is 78.2 Å². The van der Waals surface area contributed by atoms with Crippen LogP contribution in [0.1, 0.15) is 11.4 Å². The minimum atomic E-state index is 0.251. The summed E-state index contributed by atoms with van der Waals surface area (Å²) in [5, 5.41) is 5.23. The molecule has 1 aromatic carbocycles. The number of fused-ring (bicyclic) bond motifs is 1. The Bertz CT molecular complexity index is 1230. The first-order chi connectivity index (χ1) is 15.1. The van der Waals surface area contributed by atoms with Crippen molar-refractivity contribution in [1.29, 1.82) is 0 Å². The van der Waals surface area contributed by atoms with Crippen molar-refractivity contribution in [3.63, 3.8) is 0 Å². The highest BCUT2D eigenvalue weighted by molar-refractivity contribution is 5.88. The van der Waals surface area contributed by atoms with Crippen molar-refractivity contribution in [3.8, 4) is 16.9 Å². The van der Waals surface area contributed by atoms with E-state index in [0.717, 1.165) is 58.1 Å². The highest BCUT2D eigenvalue weighted by Crippen LogP contribution is 2.30. The van der Waals surface area contributed by atoms with E-state index >= 15 is 0 Å². The Morgan fingerprint density at radius 3 is 2.68 bits per heavy atom. The molecule has 0 amide bonds. The molecule has 0 unspecified atom stereocenters. The molecule has 1 aliphatic heterocycles. The Morgan fingerprint density at radius 2 is 1.94 bits per heavy atom. The average molecular weight is 416 g/mol. The zero-order valence-electron chi connectivity index (χ0n) is 17.8. The Morgan fingerprint density at radius 1 is 1.06 bits per heavy atom. The maximum atomic E-state index is 5.67. The molecule has 0 bridgehead atoms. The summed E-state index contributed by atoms with van der Waals surface area (Å²) in [5.74, 6) is 2.42. The van der Waals surface area contributed by atoms with E-state index in [1.165, 1.54) is 0 Å². The number of nitrogens with zero attached hydrogens (tertiary/aromatic N) is 6. The molecular formula is C23H24N6O2. The molecule has 8 nitrogen and oxygen atoms in total. The van der Waals surface area contributed by atoms with Gasteiger partial charge < -0.3 is 14.4 Å². The number of aryl methyl sites for hydroxylation is 1. The minimum absolute atomic E-state index is 0.251. The summed E-state index contributed by atoms with van der Waals surface area (Å²) in [5.41, 5.74) is 4.01. The number of hydrogen-bond donors (Lipinski definition) is 0. The maximum Gasteiger partial charge on any atom is 0.155 e. The van der Waals surface area contributed by atoms with Crippen LogP contribution < -0.4 is 9.64 Å². The first kappa shape index (κ1) is 19.4. The van der Waals surface area contributed by atoms with Crippen LogP contribution in [0, 0.1) is 0 Å². The van der Waals surface area contributed by atoms with Gasteiger partial charge in [-0.15, -0.1) is 0 Å².